The van der Waals surface area contributed by atoms with E-state index in [0.717, 1.165) is 12.1 Å². The fourth-order valence-electron chi connectivity index (χ4n) is 4.13. The molecule has 120 valence electrons. The Hall–Kier alpha value is -0.730. The Bertz CT molecular complexity index is 634. The van der Waals surface area contributed by atoms with E-state index in [-0.39, 0.29) is 22.7 Å². The highest BCUT2D eigenvalue weighted by molar-refractivity contribution is 6.53. The van der Waals surface area contributed by atoms with E-state index in [4.69, 9.17) is 23.2 Å². The van der Waals surface area contributed by atoms with Gasteiger partial charge in [0.25, 0.3) is 0 Å². The summed E-state index contributed by atoms with van der Waals surface area (Å²) < 4.78 is -0.972. The Kier molecular flexibility index (Phi) is 3.40. The quantitative estimate of drug-likeness (QED) is 0.733. The lowest BCUT2D eigenvalue weighted by atomic mass is 9.86. The summed E-state index contributed by atoms with van der Waals surface area (Å²) in [6.45, 7) is 10.6. The molecular weight excluding hydrogens is 317 g/mol. The third kappa shape index (κ3) is 2.11. The number of carbonyl (C=O) groups is 1. The summed E-state index contributed by atoms with van der Waals surface area (Å²) in [6, 6.07) is 6.16. The minimum Gasteiger partial charge on any atom is -0.325 e. The minimum atomic E-state index is -0.972. The van der Waals surface area contributed by atoms with Gasteiger partial charge in [-0.25, -0.2) is 0 Å². The molecule has 2 aliphatic carbocycles. The van der Waals surface area contributed by atoms with Crippen LogP contribution in [-0.4, -0.2) is 10.2 Å². The van der Waals surface area contributed by atoms with Crippen molar-refractivity contribution < 1.29 is 4.79 Å². The number of hydrogen-bond acceptors (Lipinski definition) is 1. The molecule has 1 aromatic carbocycles. The molecule has 2 atom stereocenters. The monoisotopic (exact) mass is 339 g/mol. The van der Waals surface area contributed by atoms with Crippen molar-refractivity contribution >= 4 is 34.8 Å². The van der Waals surface area contributed by atoms with E-state index in [1.165, 1.54) is 11.1 Å². The molecule has 0 spiro atoms. The van der Waals surface area contributed by atoms with Crippen LogP contribution in [0.2, 0.25) is 0 Å². The van der Waals surface area contributed by atoms with Crippen LogP contribution in [0.15, 0.2) is 18.2 Å². The van der Waals surface area contributed by atoms with Gasteiger partial charge >= 0.3 is 0 Å². The van der Waals surface area contributed by atoms with Crippen molar-refractivity contribution in [3.05, 3.63) is 29.3 Å². The Balaban J connectivity index is 1.90. The van der Waals surface area contributed by atoms with Crippen molar-refractivity contribution in [3.63, 3.8) is 0 Å². The molecule has 2 nitrogen and oxygen atoms in total. The molecule has 0 heterocycles. The van der Waals surface area contributed by atoms with Crippen molar-refractivity contribution in [2.75, 3.05) is 5.32 Å². The van der Waals surface area contributed by atoms with Crippen LogP contribution in [0, 0.1) is 11.3 Å². The molecule has 2 aliphatic rings. The van der Waals surface area contributed by atoms with Gasteiger partial charge in [-0.05, 0) is 34.9 Å². The van der Waals surface area contributed by atoms with Gasteiger partial charge in [0.05, 0.1) is 5.92 Å². The number of anilines is 1. The van der Waals surface area contributed by atoms with Crippen LogP contribution in [0.1, 0.15) is 58.1 Å². The maximum Gasteiger partial charge on any atom is 0.231 e. The second-order valence-corrected chi connectivity index (χ2v) is 9.41. The molecule has 3 rings (SSSR count). The van der Waals surface area contributed by atoms with Crippen molar-refractivity contribution in [3.8, 4) is 0 Å². The summed E-state index contributed by atoms with van der Waals surface area (Å²) in [5.41, 5.74) is 3.26. The van der Waals surface area contributed by atoms with E-state index in [0.29, 0.717) is 5.92 Å². The first-order valence-corrected chi connectivity index (χ1v) is 8.58. The Morgan fingerprint density at radius 2 is 1.82 bits per heavy atom. The lowest BCUT2D eigenvalue weighted by Gasteiger charge is -2.19. The molecule has 0 unspecified atom stereocenters. The second-order valence-electron chi connectivity index (χ2n) is 8.02. The maximum absolute atomic E-state index is 12.6. The van der Waals surface area contributed by atoms with E-state index in [1.54, 1.807) is 0 Å². The van der Waals surface area contributed by atoms with Crippen LogP contribution in [0.25, 0.3) is 0 Å². The van der Waals surface area contributed by atoms with Crippen LogP contribution in [-0.2, 0) is 10.2 Å². The molecule has 0 bridgehead atoms. The fraction of sp³-hybridized carbons (Fsp3) is 0.611. The number of rotatable bonds is 2. The average Bonchev–Trinajstić information content (AvgIpc) is 2.63. The van der Waals surface area contributed by atoms with E-state index < -0.39 is 4.33 Å². The molecule has 1 amide bonds. The van der Waals surface area contributed by atoms with Crippen LogP contribution >= 0.6 is 23.2 Å². The van der Waals surface area contributed by atoms with E-state index in [2.05, 4.69) is 32.2 Å². The lowest BCUT2D eigenvalue weighted by Crippen LogP contribution is -2.19. The third-order valence-corrected chi connectivity index (χ3v) is 6.94. The smallest absolute Gasteiger partial charge is 0.231 e. The van der Waals surface area contributed by atoms with Crippen molar-refractivity contribution in [1.29, 1.82) is 0 Å². The highest BCUT2D eigenvalue weighted by Crippen LogP contribution is 2.69. The Morgan fingerprint density at radius 3 is 2.36 bits per heavy atom. The zero-order chi connectivity index (χ0) is 16.5. The van der Waals surface area contributed by atoms with Gasteiger partial charge in [-0.1, -0.05) is 46.8 Å². The number of carbonyl (C=O) groups excluding carboxylic acids is 1. The third-order valence-electron chi connectivity index (χ3n) is 5.52. The van der Waals surface area contributed by atoms with Crippen molar-refractivity contribution in [2.45, 2.75) is 56.7 Å². The van der Waals surface area contributed by atoms with E-state index in [1.807, 2.05) is 26.0 Å². The van der Waals surface area contributed by atoms with Crippen molar-refractivity contribution in [1.82, 2.24) is 0 Å². The minimum absolute atomic E-state index is 0.0830. The first-order chi connectivity index (χ1) is 10.00. The van der Waals surface area contributed by atoms with Crippen molar-refractivity contribution in [2.24, 2.45) is 11.3 Å². The van der Waals surface area contributed by atoms with Gasteiger partial charge in [-0.2, -0.15) is 0 Å². The molecule has 1 saturated carbocycles. The number of amides is 1. The predicted molar refractivity (Wildman–Crippen MR) is 92.8 cm³/mol. The molecule has 4 heteroatoms. The van der Waals surface area contributed by atoms with Crippen LogP contribution < -0.4 is 5.32 Å². The molecule has 0 saturated heterocycles. The van der Waals surface area contributed by atoms with Gasteiger partial charge in [0.1, 0.15) is 4.33 Å². The lowest BCUT2D eigenvalue weighted by molar-refractivity contribution is -0.118. The SMILES string of the molecule is C[C@H]1CC(C)(C)c2cccc(NC(=O)[C@@H]3C(C)(C)C3(Cl)Cl)c21. The summed E-state index contributed by atoms with van der Waals surface area (Å²) in [5, 5.41) is 3.08. The molecule has 1 N–H and O–H groups in total. The molecule has 0 aliphatic heterocycles. The van der Waals surface area contributed by atoms with E-state index in [9.17, 15) is 4.79 Å². The van der Waals surface area contributed by atoms with Gasteiger partial charge in [-0.3, -0.25) is 4.79 Å². The first kappa shape index (κ1) is 16.1. The molecule has 0 radical (unpaired) electrons. The van der Waals surface area contributed by atoms with Crippen LogP contribution in [0.4, 0.5) is 5.69 Å². The first-order valence-electron chi connectivity index (χ1n) is 7.82. The number of hydrogen-bond donors (Lipinski definition) is 1. The standard InChI is InChI=1S/C18H23Cl2NO/c1-10-9-16(2,3)11-7-6-8-12(13(10)11)21-15(22)14-17(4,5)18(14,19)20/h6-8,10,14H,9H2,1-5H3,(H,21,22)/t10-,14+/m0/s1. The number of halogens is 2. The van der Waals surface area contributed by atoms with Gasteiger partial charge in [0, 0.05) is 11.1 Å². The number of alkyl halides is 2. The van der Waals surface area contributed by atoms with Crippen LogP contribution in [0.3, 0.4) is 0 Å². The Labute approximate surface area is 142 Å². The summed E-state index contributed by atoms with van der Waals surface area (Å²) in [4.78, 5) is 12.6. The maximum atomic E-state index is 12.6. The highest BCUT2D eigenvalue weighted by Gasteiger charge is 2.73. The number of nitrogens with one attached hydrogen (secondary N) is 1. The largest absolute Gasteiger partial charge is 0.325 e. The van der Waals surface area contributed by atoms with E-state index >= 15 is 0 Å². The zero-order valence-corrected chi connectivity index (χ0v) is 15.3. The summed E-state index contributed by atoms with van der Waals surface area (Å²) in [5.74, 6) is -0.0188. The number of benzene rings is 1. The molecule has 0 aromatic heterocycles. The van der Waals surface area contributed by atoms with Gasteiger partial charge < -0.3 is 5.32 Å². The van der Waals surface area contributed by atoms with Gasteiger partial charge in [0.15, 0.2) is 0 Å². The summed E-state index contributed by atoms with van der Waals surface area (Å²) >= 11 is 12.5. The summed E-state index contributed by atoms with van der Waals surface area (Å²) in [6.07, 6.45) is 1.10. The zero-order valence-electron chi connectivity index (χ0n) is 13.8. The average molecular weight is 340 g/mol. The second kappa shape index (κ2) is 4.64. The highest BCUT2D eigenvalue weighted by atomic mass is 35.5. The van der Waals surface area contributed by atoms with Crippen LogP contribution in [0.5, 0.6) is 0 Å². The normalized spacial score (nSPS) is 29.8. The molecule has 22 heavy (non-hydrogen) atoms. The number of fused-ring (bicyclic) bond motifs is 1. The Morgan fingerprint density at radius 1 is 1.23 bits per heavy atom. The predicted octanol–water partition coefficient (Wildman–Crippen LogP) is 5.24. The van der Waals surface area contributed by atoms with Gasteiger partial charge in [0.2, 0.25) is 5.91 Å². The molecular formula is C18H23Cl2NO. The molecule has 1 fully saturated rings. The molecule has 1 aromatic rings. The summed E-state index contributed by atoms with van der Waals surface area (Å²) in [7, 11) is 0. The van der Waals surface area contributed by atoms with Gasteiger partial charge in [-0.15, -0.1) is 23.2 Å². The fourth-order valence-corrected chi connectivity index (χ4v) is 4.98. The topological polar surface area (TPSA) is 29.1 Å².